The third-order valence-corrected chi connectivity index (χ3v) is 4.47. The van der Waals surface area contributed by atoms with Gasteiger partial charge in [-0.15, -0.1) is 10.2 Å². The first-order chi connectivity index (χ1) is 12.8. The molecule has 0 amide bonds. The fraction of sp³-hybridized carbons (Fsp3) is 0. The van der Waals surface area contributed by atoms with Gasteiger partial charge in [0.2, 0.25) is 0 Å². The molecule has 0 aliphatic carbocycles. The molecule has 124 valence electrons. The SMILES string of the molecule is Clc1cc(-c2nnc3c(-c4ccccc4)nc4ccccc4n23)ccn1. The van der Waals surface area contributed by atoms with E-state index in [9.17, 15) is 0 Å². The van der Waals surface area contributed by atoms with E-state index in [1.165, 1.54) is 0 Å². The molecule has 5 aromatic rings. The molecule has 5 nitrogen and oxygen atoms in total. The van der Waals surface area contributed by atoms with Gasteiger partial charge in [0.05, 0.1) is 11.0 Å². The monoisotopic (exact) mass is 357 g/mol. The van der Waals surface area contributed by atoms with Gasteiger partial charge in [-0.2, -0.15) is 0 Å². The molecule has 0 bridgehead atoms. The molecule has 0 radical (unpaired) electrons. The maximum absolute atomic E-state index is 6.08. The summed E-state index contributed by atoms with van der Waals surface area (Å²) in [4.78, 5) is 8.89. The van der Waals surface area contributed by atoms with Gasteiger partial charge in [-0.05, 0) is 24.3 Å². The summed E-state index contributed by atoms with van der Waals surface area (Å²) in [5.41, 5.74) is 5.17. The molecule has 6 heteroatoms. The zero-order valence-corrected chi connectivity index (χ0v) is 14.3. The summed E-state index contributed by atoms with van der Waals surface area (Å²) < 4.78 is 2.02. The van der Waals surface area contributed by atoms with Crippen LogP contribution in [0.2, 0.25) is 5.15 Å². The second-order valence-electron chi connectivity index (χ2n) is 5.87. The van der Waals surface area contributed by atoms with Crippen LogP contribution >= 0.6 is 11.6 Å². The van der Waals surface area contributed by atoms with Crippen molar-refractivity contribution in [3.05, 3.63) is 78.1 Å². The molecular formula is C20H12ClN5. The van der Waals surface area contributed by atoms with E-state index in [1.807, 2.05) is 65.1 Å². The lowest BCUT2D eigenvalue weighted by molar-refractivity contribution is 1.11. The first-order valence-corrected chi connectivity index (χ1v) is 8.50. The lowest BCUT2D eigenvalue weighted by Crippen LogP contribution is -1.98. The predicted molar refractivity (Wildman–Crippen MR) is 102 cm³/mol. The summed E-state index contributed by atoms with van der Waals surface area (Å²) in [5, 5.41) is 9.29. The number of hydrogen-bond acceptors (Lipinski definition) is 4. The van der Waals surface area contributed by atoms with Crippen molar-refractivity contribution < 1.29 is 0 Å². The van der Waals surface area contributed by atoms with E-state index in [0.29, 0.717) is 16.6 Å². The van der Waals surface area contributed by atoms with E-state index in [0.717, 1.165) is 27.9 Å². The van der Waals surface area contributed by atoms with Crippen LogP contribution < -0.4 is 0 Å². The molecule has 0 aliphatic heterocycles. The van der Waals surface area contributed by atoms with Gasteiger partial charge in [0.25, 0.3) is 0 Å². The normalized spacial score (nSPS) is 11.3. The Bertz CT molecular complexity index is 1250. The third kappa shape index (κ3) is 2.33. The van der Waals surface area contributed by atoms with Crippen molar-refractivity contribution in [1.29, 1.82) is 0 Å². The molecule has 5 rings (SSSR count). The Hall–Kier alpha value is -3.31. The highest BCUT2D eigenvalue weighted by atomic mass is 35.5. The molecule has 3 heterocycles. The van der Waals surface area contributed by atoms with Crippen molar-refractivity contribution in [2.45, 2.75) is 0 Å². The molecule has 0 aliphatic rings. The van der Waals surface area contributed by atoms with Crippen LogP contribution in [-0.4, -0.2) is 24.6 Å². The Morgan fingerprint density at radius 2 is 1.62 bits per heavy atom. The standard InChI is InChI=1S/C20H12ClN5/c21-17-12-14(10-11-22-17)19-24-25-20-18(13-6-2-1-3-7-13)23-15-8-4-5-9-16(15)26(19)20/h1-12H. The smallest absolute Gasteiger partial charge is 0.188 e. The van der Waals surface area contributed by atoms with Crippen molar-refractivity contribution in [2.24, 2.45) is 0 Å². The Morgan fingerprint density at radius 3 is 2.46 bits per heavy atom. The predicted octanol–water partition coefficient (Wildman–Crippen LogP) is 4.66. The molecule has 0 saturated heterocycles. The van der Waals surface area contributed by atoms with Gasteiger partial charge in [0.15, 0.2) is 11.5 Å². The van der Waals surface area contributed by atoms with Crippen LogP contribution in [0.3, 0.4) is 0 Å². The van der Waals surface area contributed by atoms with Crippen molar-refractivity contribution in [2.75, 3.05) is 0 Å². The van der Waals surface area contributed by atoms with E-state index in [2.05, 4.69) is 15.2 Å². The van der Waals surface area contributed by atoms with Crippen LogP contribution in [0, 0.1) is 0 Å². The van der Waals surface area contributed by atoms with Gasteiger partial charge >= 0.3 is 0 Å². The van der Waals surface area contributed by atoms with Crippen molar-refractivity contribution in [3.63, 3.8) is 0 Å². The number of aromatic nitrogens is 5. The molecule has 0 atom stereocenters. The molecule has 0 spiro atoms. The number of nitrogens with zero attached hydrogens (tertiary/aromatic N) is 5. The van der Waals surface area contributed by atoms with Crippen LogP contribution in [-0.2, 0) is 0 Å². The van der Waals surface area contributed by atoms with Crippen LogP contribution in [0.5, 0.6) is 0 Å². The number of fused-ring (bicyclic) bond motifs is 3. The minimum atomic E-state index is 0.417. The molecule has 2 aromatic carbocycles. The van der Waals surface area contributed by atoms with Crippen molar-refractivity contribution in [3.8, 4) is 22.6 Å². The van der Waals surface area contributed by atoms with Gasteiger partial charge in [0.1, 0.15) is 10.8 Å². The molecule has 0 saturated carbocycles. The highest BCUT2D eigenvalue weighted by Crippen LogP contribution is 2.29. The van der Waals surface area contributed by atoms with Gasteiger partial charge < -0.3 is 0 Å². The minimum Gasteiger partial charge on any atom is -0.271 e. The zero-order valence-electron chi connectivity index (χ0n) is 13.5. The minimum absolute atomic E-state index is 0.417. The Balaban J connectivity index is 1.91. The molecule has 26 heavy (non-hydrogen) atoms. The zero-order chi connectivity index (χ0) is 17.5. The maximum atomic E-state index is 6.08. The van der Waals surface area contributed by atoms with Crippen LogP contribution in [0.4, 0.5) is 0 Å². The maximum Gasteiger partial charge on any atom is 0.188 e. The summed E-state index contributed by atoms with van der Waals surface area (Å²) >= 11 is 6.08. The second-order valence-corrected chi connectivity index (χ2v) is 6.25. The summed E-state index contributed by atoms with van der Waals surface area (Å²) in [6.45, 7) is 0. The first kappa shape index (κ1) is 15.0. The number of pyridine rings is 1. The van der Waals surface area contributed by atoms with E-state index in [4.69, 9.17) is 16.6 Å². The second kappa shape index (κ2) is 5.89. The summed E-state index contributed by atoms with van der Waals surface area (Å²) in [6, 6.07) is 21.6. The Labute approximate surface area is 153 Å². The molecule has 0 unspecified atom stereocenters. The van der Waals surface area contributed by atoms with E-state index < -0.39 is 0 Å². The van der Waals surface area contributed by atoms with E-state index in [-0.39, 0.29) is 0 Å². The van der Waals surface area contributed by atoms with Crippen molar-refractivity contribution >= 4 is 28.3 Å². The van der Waals surface area contributed by atoms with Gasteiger partial charge in [-0.1, -0.05) is 54.1 Å². The lowest BCUT2D eigenvalue weighted by Gasteiger charge is -2.09. The number of benzene rings is 2. The van der Waals surface area contributed by atoms with Gasteiger partial charge in [-0.3, -0.25) is 4.40 Å². The topological polar surface area (TPSA) is 56.0 Å². The van der Waals surface area contributed by atoms with Gasteiger partial charge in [0, 0.05) is 17.3 Å². The third-order valence-electron chi connectivity index (χ3n) is 4.26. The number of halogens is 1. The fourth-order valence-corrected chi connectivity index (χ4v) is 3.28. The molecule has 0 N–H and O–H groups in total. The first-order valence-electron chi connectivity index (χ1n) is 8.12. The number of rotatable bonds is 2. The van der Waals surface area contributed by atoms with Crippen LogP contribution in [0.15, 0.2) is 72.9 Å². The number of hydrogen-bond donors (Lipinski definition) is 0. The van der Waals surface area contributed by atoms with Crippen LogP contribution in [0.25, 0.3) is 39.3 Å². The number of para-hydroxylation sites is 2. The average molecular weight is 358 g/mol. The van der Waals surface area contributed by atoms with Gasteiger partial charge in [-0.25, -0.2) is 9.97 Å². The summed E-state index contributed by atoms with van der Waals surface area (Å²) in [5.74, 6) is 0.708. The lowest BCUT2D eigenvalue weighted by atomic mass is 10.1. The molecule has 0 fully saturated rings. The Morgan fingerprint density at radius 1 is 0.808 bits per heavy atom. The summed E-state index contributed by atoms with van der Waals surface area (Å²) in [7, 11) is 0. The highest BCUT2D eigenvalue weighted by molar-refractivity contribution is 6.29. The van der Waals surface area contributed by atoms with Crippen LogP contribution in [0.1, 0.15) is 0 Å². The quantitative estimate of drug-likeness (QED) is 0.431. The largest absolute Gasteiger partial charge is 0.271 e. The average Bonchev–Trinajstić information content (AvgIpc) is 3.13. The van der Waals surface area contributed by atoms with Crippen molar-refractivity contribution in [1.82, 2.24) is 24.6 Å². The summed E-state index contributed by atoms with van der Waals surface area (Å²) in [6.07, 6.45) is 1.67. The highest BCUT2D eigenvalue weighted by Gasteiger charge is 2.17. The van der Waals surface area contributed by atoms with E-state index >= 15 is 0 Å². The Kier molecular flexibility index (Phi) is 3.40. The fourth-order valence-electron chi connectivity index (χ4n) is 3.10. The van der Waals surface area contributed by atoms with E-state index in [1.54, 1.807) is 12.3 Å². The molecule has 3 aromatic heterocycles. The molecular weight excluding hydrogens is 346 g/mol.